The predicted octanol–water partition coefficient (Wildman–Crippen LogP) is 4.50. The summed E-state index contributed by atoms with van der Waals surface area (Å²) in [5, 5.41) is 9.03. The molecule has 10 heteroatoms. The Labute approximate surface area is 189 Å². The van der Waals surface area contributed by atoms with Crippen LogP contribution < -0.4 is 9.64 Å². The fourth-order valence-electron chi connectivity index (χ4n) is 4.31. The van der Waals surface area contributed by atoms with Gasteiger partial charge < -0.3 is 19.5 Å². The number of alkyl halides is 3. The molecule has 178 valence electrons. The zero-order chi connectivity index (χ0) is 23.4. The van der Waals surface area contributed by atoms with Crippen molar-refractivity contribution >= 4 is 11.7 Å². The zero-order valence-electron chi connectivity index (χ0n) is 18.0. The van der Waals surface area contributed by atoms with Gasteiger partial charge in [-0.25, -0.2) is 4.79 Å². The second kappa shape index (κ2) is 9.94. The average molecular weight is 465 g/mol. The maximum atomic E-state index is 12.8. The van der Waals surface area contributed by atoms with Crippen molar-refractivity contribution in [1.82, 2.24) is 9.97 Å². The van der Waals surface area contributed by atoms with E-state index >= 15 is 0 Å². The Morgan fingerprint density at radius 3 is 2.64 bits per heavy atom. The summed E-state index contributed by atoms with van der Waals surface area (Å²) in [5.74, 6) is -1.53. The third-order valence-electron chi connectivity index (χ3n) is 6.29. The van der Waals surface area contributed by atoms with Gasteiger partial charge in [-0.15, -0.1) is 0 Å². The van der Waals surface area contributed by atoms with Gasteiger partial charge in [-0.3, -0.25) is 9.97 Å². The third kappa shape index (κ3) is 5.93. The number of carbonyl (C=O) groups is 1. The molecule has 1 saturated carbocycles. The number of nitrogens with zero attached hydrogens (tertiary/aromatic N) is 3. The van der Waals surface area contributed by atoms with Crippen molar-refractivity contribution in [2.24, 2.45) is 11.8 Å². The highest BCUT2D eigenvalue weighted by atomic mass is 19.4. The molecule has 0 bridgehead atoms. The molecule has 0 aromatic carbocycles. The van der Waals surface area contributed by atoms with E-state index in [0.29, 0.717) is 50.6 Å². The Morgan fingerprint density at radius 1 is 1.18 bits per heavy atom. The molecule has 2 aromatic rings. The highest BCUT2D eigenvalue weighted by molar-refractivity contribution is 5.87. The Bertz CT molecular complexity index is 947. The molecule has 2 aliphatic rings. The van der Waals surface area contributed by atoms with Crippen LogP contribution in [0.3, 0.4) is 0 Å². The molecule has 3 heterocycles. The van der Waals surface area contributed by atoms with Crippen LogP contribution >= 0.6 is 0 Å². The highest BCUT2D eigenvalue weighted by Crippen LogP contribution is 2.39. The summed E-state index contributed by atoms with van der Waals surface area (Å²) in [5.41, 5.74) is 1.62. The van der Waals surface area contributed by atoms with Gasteiger partial charge in [-0.05, 0) is 43.7 Å². The molecular weight excluding hydrogens is 439 g/mol. The van der Waals surface area contributed by atoms with Crippen LogP contribution in [0.15, 0.2) is 36.8 Å². The molecule has 0 radical (unpaired) electrons. The second-order valence-corrected chi connectivity index (χ2v) is 8.53. The van der Waals surface area contributed by atoms with E-state index in [-0.39, 0.29) is 30.4 Å². The Morgan fingerprint density at radius 2 is 1.97 bits per heavy atom. The number of hydrogen-bond donors (Lipinski definition) is 1. The smallest absolute Gasteiger partial charge is 0.391 e. The first kappa shape index (κ1) is 23.3. The maximum absolute atomic E-state index is 12.8. The van der Waals surface area contributed by atoms with Gasteiger partial charge in [0.2, 0.25) is 0 Å². The average Bonchev–Trinajstić information content (AvgIpc) is 2.83. The molecule has 1 saturated heterocycles. The van der Waals surface area contributed by atoms with Crippen molar-refractivity contribution < 1.29 is 32.5 Å². The topological polar surface area (TPSA) is 84.8 Å². The van der Waals surface area contributed by atoms with E-state index in [0.717, 1.165) is 5.69 Å². The molecule has 1 aliphatic carbocycles. The number of aromatic nitrogens is 2. The second-order valence-electron chi connectivity index (χ2n) is 8.53. The fraction of sp³-hybridized carbons (Fsp3) is 0.522. The van der Waals surface area contributed by atoms with E-state index in [2.05, 4.69) is 14.9 Å². The number of aromatic carboxylic acids is 1. The molecule has 33 heavy (non-hydrogen) atoms. The van der Waals surface area contributed by atoms with Crippen molar-refractivity contribution in [2.45, 2.75) is 38.0 Å². The molecule has 1 aliphatic heterocycles. The predicted molar refractivity (Wildman–Crippen MR) is 113 cm³/mol. The molecule has 7 nitrogen and oxygen atoms in total. The first-order chi connectivity index (χ1) is 15.8. The van der Waals surface area contributed by atoms with E-state index in [1.165, 1.54) is 12.3 Å². The number of morpholine rings is 1. The van der Waals surface area contributed by atoms with Crippen molar-refractivity contribution in [3.05, 3.63) is 48.0 Å². The van der Waals surface area contributed by atoms with Gasteiger partial charge in [0.25, 0.3) is 0 Å². The Hall–Kier alpha value is -2.88. The van der Waals surface area contributed by atoms with Crippen LogP contribution in [0, 0.1) is 11.8 Å². The van der Waals surface area contributed by atoms with Gasteiger partial charge in [0, 0.05) is 18.8 Å². The highest BCUT2D eigenvalue weighted by Gasteiger charge is 2.41. The lowest BCUT2D eigenvalue weighted by atomic mass is 9.82. The van der Waals surface area contributed by atoms with Gasteiger partial charge in [0.05, 0.1) is 55.0 Å². The quantitative estimate of drug-likeness (QED) is 0.672. The van der Waals surface area contributed by atoms with Crippen molar-refractivity contribution in [1.29, 1.82) is 0 Å². The van der Waals surface area contributed by atoms with Crippen molar-refractivity contribution in [3.63, 3.8) is 0 Å². The summed E-state index contributed by atoms with van der Waals surface area (Å²) in [6.45, 7) is 2.02. The number of pyridine rings is 2. The lowest BCUT2D eigenvalue weighted by Gasteiger charge is -2.34. The molecule has 1 unspecified atom stereocenters. The van der Waals surface area contributed by atoms with Crippen LogP contribution in [0.2, 0.25) is 0 Å². The minimum absolute atomic E-state index is 0.111. The van der Waals surface area contributed by atoms with Crippen LogP contribution in [0.5, 0.6) is 5.75 Å². The van der Waals surface area contributed by atoms with Crippen LogP contribution in [-0.4, -0.2) is 53.5 Å². The normalized spacial score (nSPS) is 23.8. The van der Waals surface area contributed by atoms with Gasteiger partial charge in [0.1, 0.15) is 11.9 Å². The SMILES string of the molecule is O=C(O)c1ccc(C2CN(c3cncc(OC[C@H]4CC[C@H](C(F)(F)F)CC4)c3)CCO2)nc1. The van der Waals surface area contributed by atoms with Crippen LogP contribution in [-0.2, 0) is 4.74 Å². The molecule has 4 rings (SSSR count). The molecule has 1 atom stereocenters. The van der Waals surface area contributed by atoms with Gasteiger partial charge in [-0.2, -0.15) is 13.2 Å². The first-order valence-corrected chi connectivity index (χ1v) is 11.0. The fourth-order valence-corrected chi connectivity index (χ4v) is 4.31. The maximum Gasteiger partial charge on any atom is 0.391 e. The molecule has 0 spiro atoms. The number of anilines is 1. The Balaban J connectivity index is 1.33. The summed E-state index contributed by atoms with van der Waals surface area (Å²) < 4.78 is 50.2. The van der Waals surface area contributed by atoms with Gasteiger partial charge in [0.15, 0.2) is 0 Å². The first-order valence-electron chi connectivity index (χ1n) is 11.0. The van der Waals surface area contributed by atoms with E-state index in [1.807, 2.05) is 6.07 Å². The summed E-state index contributed by atoms with van der Waals surface area (Å²) in [4.78, 5) is 21.6. The monoisotopic (exact) mass is 465 g/mol. The summed E-state index contributed by atoms with van der Waals surface area (Å²) in [6.07, 6.45) is 1.58. The van der Waals surface area contributed by atoms with Crippen LogP contribution in [0.4, 0.5) is 18.9 Å². The Kier molecular flexibility index (Phi) is 7.02. The van der Waals surface area contributed by atoms with E-state index < -0.39 is 18.1 Å². The van der Waals surface area contributed by atoms with E-state index in [4.69, 9.17) is 14.6 Å². The molecule has 2 fully saturated rings. The standard InChI is InChI=1S/C23H26F3N3O4/c24-23(25,26)17-4-1-15(2-5-17)14-33-19-9-18(11-27-12-19)29-7-8-32-21(13-29)20-6-3-16(10-28-20)22(30)31/h3,6,9-12,15,17,21H,1-2,4-5,7-8,13-14H2,(H,30,31)/t15-,17-,21?. The molecule has 2 aromatic heterocycles. The van der Waals surface area contributed by atoms with Crippen LogP contribution in [0.25, 0.3) is 0 Å². The number of carboxylic acid groups (broad SMARTS) is 1. The molecule has 0 amide bonds. The zero-order valence-corrected chi connectivity index (χ0v) is 18.0. The van der Waals surface area contributed by atoms with Gasteiger partial charge >= 0.3 is 12.1 Å². The summed E-state index contributed by atoms with van der Waals surface area (Å²) in [7, 11) is 0. The molecular formula is C23H26F3N3O4. The van der Waals surface area contributed by atoms with E-state index in [9.17, 15) is 18.0 Å². The number of rotatable bonds is 6. The molecule has 1 N–H and O–H groups in total. The van der Waals surface area contributed by atoms with Crippen molar-refractivity contribution in [3.8, 4) is 5.75 Å². The minimum atomic E-state index is -4.10. The largest absolute Gasteiger partial charge is 0.492 e. The van der Waals surface area contributed by atoms with E-state index in [1.54, 1.807) is 18.5 Å². The number of halogens is 3. The third-order valence-corrected chi connectivity index (χ3v) is 6.29. The summed E-state index contributed by atoms with van der Waals surface area (Å²) in [6, 6.07) is 5.03. The number of hydrogen-bond acceptors (Lipinski definition) is 6. The lowest BCUT2D eigenvalue weighted by Crippen LogP contribution is -2.38. The van der Waals surface area contributed by atoms with Crippen LogP contribution in [0.1, 0.15) is 47.8 Å². The minimum Gasteiger partial charge on any atom is -0.492 e. The summed E-state index contributed by atoms with van der Waals surface area (Å²) >= 11 is 0. The number of carboxylic acids is 1. The lowest BCUT2D eigenvalue weighted by molar-refractivity contribution is -0.184. The van der Waals surface area contributed by atoms with Crippen molar-refractivity contribution in [2.75, 3.05) is 31.2 Å². The van der Waals surface area contributed by atoms with Gasteiger partial charge in [-0.1, -0.05) is 0 Å². The number of ether oxygens (including phenoxy) is 2.